The minimum absolute atomic E-state index is 0.00241. The molecule has 0 unspecified atom stereocenters. The fourth-order valence-electron chi connectivity index (χ4n) is 5.13. The number of nitrogens with zero attached hydrogens (tertiary/aromatic N) is 3. The van der Waals surface area contributed by atoms with Crippen molar-refractivity contribution in [2.75, 3.05) is 25.5 Å². The summed E-state index contributed by atoms with van der Waals surface area (Å²) < 4.78 is 78.7. The maximum absolute atomic E-state index is 14.3. The van der Waals surface area contributed by atoms with Crippen LogP contribution in [0.4, 0.5) is 27.6 Å². The number of carbonyl (C=O) groups excluding carboxylic acids is 4. The lowest BCUT2D eigenvalue weighted by Gasteiger charge is -2.36. The van der Waals surface area contributed by atoms with E-state index in [4.69, 9.17) is 9.47 Å². The van der Waals surface area contributed by atoms with Gasteiger partial charge >= 0.3 is 12.1 Å². The van der Waals surface area contributed by atoms with Crippen molar-refractivity contribution in [3.05, 3.63) is 23.8 Å². The predicted octanol–water partition coefficient (Wildman–Crippen LogP) is 2.65. The molecule has 1 saturated heterocycles. The van der Waals surface area contributed by atoms with Crippen molar-refractivity contribution in [1.29, 1.82) is 5.26 Å². The number of benzene rings is 1. The number of hydrogen-bond donors (Lipinski definition) is 2. The number of ether oxygens (including phenoxy) is 2. The van der Waals surface area contributed by atoms with E-state index in [1.165, 1.54) is 7.05 Å². The normalized spacial score (nSPS) is 22.8. The van der Waals surface area contributed by atoms with Gasteiger partial charge < -0.3 is 29.9 Å². The Morgan fingerprint density at radius 1 is 1.25 bits per heavy atom. The molecule has 44 heavy (non-hydrogen) atoms. The van der Waals surface area contributed by atoms with Gasteiger partial charge in [0.1, 0.15) is 29.6 Å². The zero-order chi connectivity index (χ0) is 32.8. The first-order valence-electron chi connectivity index (χ1n) is 13.8. The Kier molecular flexibility index (Phi) is 8.85. The minimum atomic E-state index is -5.29. The maximum Gasteiger partial charge on any atom is 0.471 e. The molecule has 0 aromatic heterocycles. The number of amides is 4. The van der Waals surface area contributed by atoms with Crippen molar-refractivity contribution in [2.45, 2.75) is 82.0 Å². The summed E-state index contributed by atoms with van der Waals surface area (Å²) in [6.45, 7) is 3.64. The standard InChI is InChI=1S/C28H32F5N5O6/c1-26(2,3)43-12-18(35-25(42)28(31,32)33)22(39)37(4)19(7-14-5-6-14)23(40)38-13-27(10-16(38)11-34)24(41)36-21-17(30)8-15(29)9-20(21)44-27/h8-9,14,16,18-19H,5-7,10,12-13H2,1-4H3,(H,35,42)(H,36,41)/t16-,18-,19-,27+/m0/s1. The molecule has 11 nitrogen and oxygen atoms in total. The van der Waals surface area contributed by atoms with E-state index in [9.17, 15) is 46.4 Å². The fourth-order valence-corrected chi connectivity index (χ4v) is 5.13. The molecule has 2 fully saturated rings. The van der Waals surface area contributed by atoms with Gasteiger partial charge in [0.05, 0.1) is 24.8 Å². The highest BCUT2D eigenvalue weighted by molar-refractivity contribution is 6.02. The largest absolute Gasteiger partial charge is 0.473 e. The second-order valence-corrected chi connectivity index (χ2v) is 12.2. The van der Waals surface area contributed by atoms with Crippen LogP contribution in [0.15, 0.2) is 12.1 Å². The van der Waals surface area contributed by atoms with Crippen molar-refractivity contribution in [1.82, 2.24) is 15.1 Å². The fraction of sp³-hybridized carbons (Fsp3) is 0.607. The third kappa shape index (κ3) is 7.03. The van der Waals surface area contributed by atoms with Gasteiger partial charge in [0, 0.05) is 25.6 Å². The smallest absolute Gasteiger partial charge is 0.471 e. The summed E-state index contributed by atoms with van der Waals surface area (Å²) in [4.78, 5) is 54.4. The van der Waals surface area contributed by atoms with Crippen LogP contribution in [0.25, 0.3) is 0 Å². The number of carbonyl (C=O) groups is 4. The molecule has 4 atom stereocenters. The maximum atomic E-state index is 14.3. The molecular weight excluding hydrogens is 597 g/mol. The summed E-state index contributed by atoms with van der Waals surface area (Å²) in [6, 6.07) is -1.05. The second kappa shape index (κ2) is 11.8. The van der Waals surface area contributed by atoms with Gasteiger partial charge in [-0.2, -0.15) is 18.4 Å². The summed E-state index contributed by atoms with van der Waals surface area (Å²) in [5, 5.41) is 13.9. The highest BCUT2D eigenvalue weighted by atomic mass is 19.4. The summed E-state index contributed by atoms with van der Waals surface area (Å²) in [5.74, 6) is -7.48. The minimum Gasteiger partial charge on any atom is -0.473 e. The molecule has 2 aliphatic heterocycles. The summed E-state index contributed by atoms with van der Waals surface area (Å²) in [7, 11) is 1.19. The summed E-state index contributed by atoms with van der Waals surface area (Å²) >= 11 is 0. The van der Waals surface area contributed by atoms with Gasteiger partial charge in [-0.1, -0.05) is 12.8 Å². The first-order chi connectivity index (χ1) is 20.3. The Balaban J connectivity index is 1.61. The molecule has 3 aliphatic rings. The number of hydrogen-bond acceptors (Lipinski definition) is 7. The lowest BCUT2D eigenvalue weighted by atomic mass is 9.97. The molecule has 2 N–H and O–H groups in total. The number of likely N-dealkylation sites (N-methyl/N-ethyl adjacent to an activating group) is 1. The topological polar surface area (TPSA) is 141 Å². The molecule has 0 bridgehead atoms. The second-order valence-electron chi connectivity index (χ2n) is 12.2. The number of nitrogens with one attached hydrogen (secondary N) is 2. The third-order valence-corrected chi connectivity index (χ3v) is 7.63. The van der Waals surface area contributed by atoms with Crippen LogP contribution < -0.4 is 15.4 Å². The predicted molar refractivity (Wildman–Crippen MR) is 142 cm³/mol. The molecule has 1 aromatic rings. The summed E-state index contributed by atoms with van der Waals surface area (Å²) in [5.41, 5.74) is -3.18. The molecular formula is C28H32F5N5O6. The number of likely N-dealkylation sites (tertiary alicyclic amines) is 1. The average molecular weight is 630 g/mol. The van der Waals surface area contributed by atoms with Crippen LogP contribution >= 0.6 is 0 Å². The van der Waals surface area contributed by atoms with Crippen molar-refractivity contribution >= 4 is 29.3 Å². The average Bonchev–Trinajstić information content (AvgIpc) is 3.67. The Labute approximate surface area is 249 Å². The molecule has 240 valence electrons. The molecule has 1 spiro atoms. The van der Waals surface area contributed by atoms with E-state index in [2.05, 4.69) is 5.32 Å². The Morgan fingerprint density at radius 3 is 2.48 bits per heavy atom. The van der Waals surface area contributed by atoms with E-state index in [0.29, 0.717) is 6.07 Å². The zero-order valence-corrected chi connectivity index (χ0v) is 24.4. The first-order valence-corrected chi connectivity index (χ1v) is 13.8. The van der Waals surface area contributed by atoms with E-state index >= 15 is 0 Å². The van der Waals surface area contributed by atoms with Crippen LogP contribution in [0.1, 0.15) is 46.5 Å². The number of halogens is 5. The Morgan fingerprint density at radius 2 is 1.91 bits per heavy atom. The van der Waals surface area contributed by atoms with Gasteiger partial charge in [-0.3, -0.25) is 19.2 Å². The third-order valence-electron chi connectivity index (χ3n) is 7.63. The van der Waals surface area contributed by atoms with Crippen LogP contribution in [-0.2, 0) is 23.9 Å². The SMILES string of the molecule is CN(C(=O)[C@H](COC(C)(C)C)NC(=O)C(F)(F)F)[C@@H](CC1CC1)C(=O)N1C[C@@]2(C[C@H]1C#N)Oc1cc(F)cc(F)c1NC2=O. The highest BCUT2D eigenvalue weighted by Crippen LogP contribution is 2.42. The number of rotatable bonds is 8. The molecule has 1 saturated carbocycles. The zero-order valence-electron chi connectivity index (χ0n) is 24.4. The first kappa shape index (κ1) is 32.9. The molecule has 1 aromatic carbocycles. The van der Waals surface area contributed by atoms with Gasteiger partial charge in [-0.05, 0) is 33.1 Å². The monoisotopic (exact) mass is 629 g/mol. The molecule has 16 heteroatoms. The van der Waals surface area contributed by atoms with E-state index in [1.54, 1.807) is 26.1 Å². The van der Waals surface area contributed by atoms with Gasteiger partial charge in [-0.25, -0.2) is 8.78 Å². The lowest BCUT2D eigenvalue weighted by Crippen LogP contribution is -2.59. The van der Waals surface area contributed by atoms with Gasteiger partial charge in [0.25, 0.3) is 5.91 Å². The van der Waals surface area contributed by atoms with Gasteiger partial charge in [-0.15, -0.1) is 0 Å². The van der Waals surface area contributed by atoms with E-state index in [1.807, 2.05) is 6.07 Å². The van der Waals surface area contributed by atoms with Gasteiger partial charge in [0.15, 0.2) is 11.6 Å². The van der Waals surface area contributed by atoms with Crippen LogP contribution in [0.5, 0.6) is 5.75 Å². The summed E-state index contributed by atoms with van der Waals surface area (Å²) in [6.07, 6.45) is -4.13. The van der Waals surface area contributed by atoms with Crippen molar-refractivity contribution in [2.24, 2.45) is 5.92 Å². The van der Waals surface area contributed by atoms with Gasteiger partial charge in [0.2, 0.25) is 17.4 Å². The molecule has 0 radical (unpaired) electrons. The highest BCUT2D eigenvalue weighted by Gasteiger charge is 2.57. The number of alkyl halides is 3. The van der Waals surface area contributed by atoms with Crippen molar-refractivity contribution in [3.8, 4) is 11.8 Å². The van der Waals surface area contributed by atoms with E-state index in [0.717, 1.165) is 28.7 Å². The van der Waals surface area contributed by atoms with Crippen molar-refractivity contribution < 1.29 is 50.6 Å². The molecule has 1 aliphatic carbocycles. The molecule has 4 amide bonds. The molecule has 2 heterocycles. The van der Waals surface area contributed by atoms with Crippen LogP contribution in [0.3, 0.4) is 0 Å². The van der Waals surface area contributed by atoms with Crippen LogP contribution in [-0.4, -0.2) is 89.1 Å². The van der Waals surface area contributed by atoms with Crippen LogP contribution in [0.2, 0.25) is 0 Å². The van der Waals surface area contributed by atoms with E-state index < -0.39 is 89.6 Å². The van der Waals surface area contributed by atoms with E-state index in [-0.39, 0.29) is 24.5 Å². The molecule has 4 rings (SSSR count). The van der Waals surface area contributed by atoms with Crippen LogP contribution in [0, 0.1) is 28.9 Å². The number of fused-ring (bicyclic) bond motifs is 1. The number of nitriles is 1. The quantitative estimate of drug-likeness (QED) is 0.422. The van der Waals surface area contributed by atoms with Crippen molar-refractivity contribution in [3.63, 3.8) is 0 Å². The Bertz CT molecular complexity index is 1390. The Hall–Kier alpha value is -4.00. The lowest BCUT2D eigenvalue weighted by molar-refractivity contribution is -0.176. The number of anilines is 1.